The predicted octanol–water partition coefficient (Wildman–Crippen LogP) is 0.182. The predicted molar refractivity (Wildman–Crippen MR) is 61.0 cm³/mol. The van der Waals surface area contributed by atoms with Crippen LogP contribution in [0.25, 0.3) is 0 Å². The molecule has 2 rings (SSSR count). The molecule has 4 N–H and O–H groups in total. The molecule has 18 heavy (non-hydrogen) atoms. The Bertz CT molecular complexity index is 250. The maximum atomic E-state index is 9.72. The fourth-order valence-electron chi connectivity index (χ4n) is 2.60. The summed E-state index contributed by atoms with van der Waals surface area (Å²) in [6.45, 7) is 0. The molecule has 6 heteroatoms. The Morgan fingerprint density at radius 3 is 1.39 bits per heavy atom. The fraction of sp³-hybridized carbons (Fsp3) is 1.00. The molecule has 2 aliphatic rings. The van der Waals surface area contributed by atoms with Crippen molar-refractivity contribution in [2.24, 2.45) is 0 Å². The molecule has 2 fully saturated rings. The number of rotatable bonds is 3. The van der Waals surface area contributed by atoms with Crippen LogP contribution >= 0.6 is 0 Å². The van der Waals surface area contributed by atoms with Gasteiger partial charge < -0.3 is 20.4 Å². The Balaban J connectivity index is 1.86. The summed E-state index contributed by atoms with van der Waals surface area (Å²) in [6, 6.07) is 0. The summed E-state index contributed by atoms with van der Waals surface area (Å²) in [6.07, 6.45) is 2.96. The summed E-state index contributed by atoms with van der Waals surface area (Å²) in [5.74, 6) is -3.78. The summed E-state index contributed by atoms with van der Waals surface area (Å²) in [4.78, 5) is 10.1. The van der Waals surface area contributed by atoms with Gasteiger partial charge in [-0.1, -0.05) is 12.8 Å². The third kappa shape index (κ3) is 3.20. The van der Waals surface area contributed by atoms with Gasteiger partial charge in [-0.2, -0.15) is 0 Å². The molecule has 0 bridgehead atoms. The Kier molecular flexibility index (Phi) is 4.25. The second kappa shape index (κ2) is 5.40. The molecule has 0 aromatic heterocycles. The molecule has 2 aliphatic carbocycles. The van der Waals surface area contributed by atoms with E-state index in [1.165, 1.54) is 0 Å². The lowest BCUT2D eigenvalue weighted by Crippen LogP contribution is -2.50. The van der Waals surface area contributed by atoms with E-state index >= 15 is 0 Å². The molecule has 6 nitrogen and oxygen atoms in total. The fourth-order valence-corrected chi connectivity index (χ4v) is 2.60. The molecular weight excluding hydrogens is 240 g/mol. The minimum atomic E-state index is -1.89. The zero-order chi connectivity index (χ0) is 13.2. The van der Waals surface area contributed by atoms with E-state index in [-0.39, 0.29) is 12.8 Å². The van der Waals surface area contributed by atoms with Gasteiger partial charge in [0.2, 0.25) is 0 Å². The SMILES string of the molecule is OC1(O)CCCCC1OOC1CCCCC1(O)O. The van der Waals surface area contributed by atoms with E-state index in [0.717, 1.165) is 25.7 Å². The number of hydrogen-bond donors (Lipinski definition) is 4. The lowest BCUT2D eigenvalue weighted by atomic mass is 9.91. The monoisotopic (exact) mass is 262 g/mol. The Hall–Kier alpha value is -0.240. The molecule has 0 amide bonds. The van der Waals surface area contributed by atoms with Crippen LogP contribution < -0.4 is 0 Å². The third-order valence-electron chi connectivity index (χ3n) is 3.84. The van der Waals surface area contributed by atoms with Crippen molar-refractivity contribution in [2.75, 3.05) is 0 Å². The molecule has 2 unspecified atom stereocenters. The third-order valence-corrected chi connectivity index (χ3v) is 3.84. The van der Waals surface area contributed by atoms with Crippen LogP contribution in [0.3, 0.4) is 0 Å². The van der Waals surface area contributed by atoms with Gasteiger partial charge in [0.05, 0.1) is 0 Å². The van der Waals surface area contributed by atoms with Crippen LogP contribution in [-0.2, 0) is 9.78 Å². The average molecular weight is 262 g/mol. The van der Waals surface area contributed by atoms with Crippen LogP contribution in [0.15, 0.2) is 0 Å². The summed E-state index contributed by atoms with van der Waals surface area (Å²) < 4.78 is 0. The Labute approximate surface area is 106 Å². The van der Waals surface area contributed by atoms with Crippen LogP contribution in [0.2, 0.25) is 0 Å². The van der Waals surface area contributed by atoms with Gasteiger partial charge in [0.25, 0.3) is 0 Å². The van der Waals surface area contributed by atoms with Gasteiger partial charge in [0, 0.05) is 12.8 Å². The van der Waals surface area contributed by atoms with Gasteiger partial charge >= 0.3 is 0 Å². The van der Waals surface area contributed by atoms with E-state index in [9.17, 15) is 20.4 Å². The molecule has 0 aliphatic heterocycles. The highest BCUT2D eigenvalue weighted by Crippen LogP contribution is 2.32. The van der Waals surface area contributed by atoms with Crippen molar-refractivity contribution in [1.82, 2.24) is 0 Å². The van der Waals surface area contributed by atoms with Crippen molar-refractivity contribution in [3.05, 3.63) is 0 Å². The van der Waals surface area contributed by atoms with E-state index in [4.69, 9.17) is 9.78 Å². The smallest absolute Gasteiger partial charge is 0.192 e. The average Bonchev–Trinajstić information content (AvgIpc) is 2.28. The molecule has 0 radical (unpaired) electrons. The Morgan fingerprint density at radius 2 is 1.06 bits per heavy atom. The second-order valence-electron chi connectivity index (χ2n) is 5.42. The van der Waals surface area contributed by atoms with Crippen LogP contribution in [0.5, 0.6) is 0 Å². The summed E-state index contributed by atoms with van der Waals surface area (Å²) >= 11 is 0. The maximum Gasteiger partial charge on any atom is 0.192 e. The van der Waals surface area contributed by atoms with Crippen molar-refractivity contribution < 1.29 is 30.2 Å². The standard InChI is InChI=1S/C12H22O6/c13-11(14)7-3-1-5-9(11)17-18-10-6-2-4-8-12(10,15)16/h9-10,13-16H,1-8H2. The van der Waals surface area contributed by atoms with E-state index in [1.54, 1.807) is 0 Å². The second-order valence-corrected chi connectivity index (χ2v) is 5.42. The van der Waals surface area contributed by atoms with E-state index in [0.29, 0.717) is 12.8 Å². The highest BCUT2D eigenvalue weighted by Gasteiger charge is 2.43. The molecule has 2 saturated carbocycles. The molecule has 106 valence electrons. The minimum Gasteiger partial charge on any atom is -0.363 e. The van der Waals surface area contributed by atoms with Crippen molar-refractivity contribution >= 4 is 0 Å². The normalized spacial score (nSPS) is 35.3. The lowest BCUT2D eigenvalue weighted by Gasteiger charge is -2.38. The number of hydrogen-bond acceptors (Lipinski definition) is 6. The van der Waals surface area contributed by atoms with Gasteiger partial charge in [0.15, 0.2) is 11.6 Å². The molecule has 2 atom stereocenters. The molecule has 0 saturated heterocycles. The molecule has 0 aromatic rings. The van der Waals surface area contributed by atoms with E-state index in [2.05, 4.69) is 0 Å². The van der Waals surface area contributed by atoms with Gasteiger partial charge in [-0.25, -0.2) is 9.78 Å². The molecule has 0 aromatic carbocycles. The first-order chi connectivity index (χ1) is 8.42. The minimum absolute atomic E-state index is 0.245. The quantitative estimate of drug-likeness (QED) is 0.329. The first-order valence-corrected chi connectivity index (χ1v) is 6.63. The van der Waals surface area contributed by atoms with Crippen LogP contribution in [0.4, 0.5) is 0 Å². The van der Waals surface area contributed by atoms with Crippen molar-refractivity contribution in [2.45, 2.75) is 75.1 Å². The van der Waals surface area contributed by atoms with Crippen LogP contribution in [-0.4, -0.2) is 44.2 Å². The first kappa shape index (κ1) is 14.2. The largest absolute Gasteiger partial charge is 0.363 e. The summed E-state index contributed by atoms with van der Waals surface area (Å²) in [7, 11) is 0. The molecule has 0 spiro atoms. The maximum absolute atomic E-state index is 9.72. The van der Waals surface area contributed by atoms with E-state index < -0.39 is 23.8 Å². The van der Waals surface area contributed by atoms with Crippen LogP contribution in [0.1, 0.15) is 51.4 Å². The van der Waals surface area contributed by atoms with Gasteiger partial charge in [-0.3, -0.25) is 0 Å². The lowest BCUT2D eigenvalue weighted by molar-refractivity contribution is -0.438. The van der Waals surface area contributed by atoms with E-state index in [1.807, 2.05) is 0 Å². The van der Waals surface area contributed by atoms with Gasteiger partial charge in [-0.15, -0.1) is 0 Å². The highest BCUT2D eigenvalue weighted by atomic mass is 17.2. The topological polar surface area (TPSA) is 99.4 Å². The summed E-state index contributed by atoms with van der Waals surface area (Å²) in [5.41, 5.74) is 0. The van der Waals surface area contributed by atoms with Gasteiger partial charge in [-0.05, 0) is 25.7 Å². The zero-order valence-corrected chi connectivity index (χ0v) is 10.4. The van der Waals surface area contributed by atoms with Gasteiger partial charge in [0.1, 0.15) is 12.2 Å². The van der Waals surface area contributed by atoms with Crippen LogP contribution in [0, 0.1) is 0 Å². The summed E-state index contributed by atoms with van der Waals surface area (Å²) in [5, 5.41) is 38.9. The van der Waals surface area contributed by atoms with Crippen molar-refractivity contribution in [3.63, 3.8) is 0 Å². The van der Waals surface area contributed by atoms with Crippen molar-refractivity contribution in [3.8, 4) is 0 Å². The Morgan fingerprint density at radius 1 is 0.667 bits per heavy atom. The first-order valence-electron chi connectivity index (χ1n) is 6.63. The number of aliphatic hydroxyl groups is 4. The zero-order valence-electron chi connectivity index (χ0n) is 10.4. The highest BCUT2D eigenvalue weighted by molar-refractivity contribution is 4.82. The molecular formula is C12H22O6. The van der Waals surface area contributed by atoms with Crippen molar-refractivity contribution in [1.29, 1.82) is 0 Å². The molecule has 0 heterocycles.